The molecule has 0 heterocycles. The molecular weight excluding hydrogens is 395 g/mol. The van der Waals surface area contributed by atoms with Crippen LogP contribution in [0.15, 0.2) is 54.6 Å². The van der Waals surface area contributed by atoms with Crippen LogP contribution in [0.5, 0.6) is 0 Å². The van der Waals surface area contributed by atoms with Crippen molar-refractivity contribution >= 4 is 40.3 Å². The monoisotopic (exact) mass is 410 g/mol. The van der Waals surface area contributed by atoms with Gasteiger partial charge in [0.1, 0.15) is 13.2 Å². The van der Waals surface area contributed by atoms with Crippen molar-refractivity contribution in [2.45, 2.75) is 6.61 Å². The van der Waals surface area contributed by atoms with Crippen LogP contribution in [0, 0.1) is 3.57 Å². The van der Waals surface area contributed by atoms with Crippen LogP contribution in [-0.2, 0) is 16.1 Å². The highest BCUT2D eigenvalue weighted by atomic mass is 127. The fourth-order valence-corrected chi connectivity index (χ4v) is 2.02. The molecule has 0 aliphatic carbocycles. The molecule has 0 aromatic heterocycles. The lowest BCUT2D eigenvalue weighted by atomic mass is 10.2. The van der Waals surface area contributed by atoms with E-state index >= 15 is 0 Å². The fourth-order valence-electron chi connectivity index (χ4n) is 1.66. The van der Waals surface area contributed by atoms with E-state index in [1.54, 1.807) is 12.1 Å². The number of carbonyl (C=O) groups excluding carboxylic acids is 2. The second-order valence-electron chi connectivity index (χ2n) is 4.47. The molecule has 0 aliphatic heterocycles. The van der Waals surface area contributed by atoms with E-state index in [0.29, 0.717) is 5.69 Å². The Morgan fingerprint density at radius 1 is 1.00 bits per heavy atom. The quantitative estimate of drug-likeness (QED) is 0.745. The number of carbonyl (C=O) groups is 2. The molecule has 2 aromatic carbocycles. The normalized spacial score (nSPS) is 9.86. The maximum absolute atomic E-state index is 11.7. The van der Waals surface area contributed by atoms with Crippen LogP contribution in [0.4, 0.5) is 10.5 Å². The second-order valence-corrected chi connectivity index (χ2v) is 5.72. The molecule has 0 spiro atoms. The van der Waals surface area contributed by atoms with Crippen LogP contribution < -0.4 is 10.6 Å². The van der Waals surface area contributed by atoms with Gasteiger partial charge in [0, 0.05) is 9.26 Å². The molecule has 0 aliphatic rings. The van der Waals surface area contributed by atoms with Crippen LogP contribution >= 0.6 is 22.6 Å². The summed E-state index contributed by atoms with van der Waals surface area (Å²) in [6.07, 6.45) is -0.624. The lowest BCUT2D eigenvalue weighted by molar-refractivity contribution is -0.115. The van der Waals surface area contributed by atoms with E-state index in [1.807, 2.05) is 42.5 Å². The Labute approximate surface area is 142 Å². The summed E-state index contributed by atoms with van der Waals surface area (Å²) in [6, 6.07) is 16.7. The summed E-state index contributed by atoms with van der Waals surface area (Å²) in [5.74, 6) is -0.308. The number of ether oxygens (including phenoxy) is 1. The van der Waals surface area contributed by atoms with E-state index in [1.165, 1.54) is 0 Å². The summed E-state index contributed by atoms with van der Waals surface area (Å²) in [7, 11) is 0. The van der Waals surface area contributed by atoms with Crippen molar-refractivity contribution in [3.05, 3.63) is 63.7 Å². The van der Waals surface area contributed by atoms with Crippen LogP contribution in [0.1, 0.15) is 5.56 Å². The average Bonchev–Trinajstić information content (AvgIpc) is 2.54. The number of anilines is 1. The molecule has 6 heteroatoms. The van der Waals surface area contributed by atoms with Gasteiger partial charge >= 0.3 is 6.09 Å². The van der Waals surface area contributed by atoms with Crippen molar-refractivity contribution in [3.63, 3.8) is 0 Å². The highest BCUT2D eigenvalue weighted by Gasteiger charge is 2.07. The number of hydrogen-bond acceptors (Lipinski definition) is 3. The van der Waals surface area contributed by atoms with Crippen molar-refractivity contribution in [1.29, 1.82) is 0 Å². The molecule has 2 rings (SSSR count). The molecule has 0 bridgehead atoms. The summed E-state index contributed by atoms with van der Waals surface area (Å²) >= 11 is 2.18. The molecule has 0 atom stereocenters. The highest BCUT2D eigenvalue weighted by Crippen LogP contribution is 2.10. The molecule has 5 nitrogen and oxygen atoms in total. The van der Waals surface area contributed by atoms with Gasteiger partial charge in [-0.2, -0.15) is 0 Å². The van der Waals surface area contributed by atoms with Gasteiger partial charge in [-0.05, 0) is 52.4 Å². The second kappa shape index (κ2) is 8.38. The van der Waals surface area contributed by atoms with Crippen LogP contribution in [0.2, 0.25) is 0 Å². The molecule has 2 aromatic rings. The summed E-state index contributed by atoms with van der Waals surface area (Å²) in [6.45, 7) is 0.0328. The Hall–Kier alpha value is -2.09. The number of nitrogens with one attached hydrogen (secondary N) is 2. The number of rotatable bonds is 5. The van der Waals surface area contributed by atoms with E-state index in [2.05, 4.69) is 33.2 Å². The highest BCUT2D eigenvalue weighted by molar-refractivity contribution is 14.1. The smallest absolute Gasteiger partial charge is 0.407 e. The first-order valence-electron chi connectivity index (χ1n) is 6.63. The lowest BCUT2D eigenvalue weighted by Gasteiger charge is -2.08. The van der Waals surface area contributed by atoms with Crippen LogP contribution in [0.3, 0.4) is 0 Å². The zero-order valence-corrected chi connectivity index (χ0v) is 13.9. The summed E-state index contributed by atoms with van der Waals surface area (Å²) in [4.78, 5) is 23.2. The number of amides is 2. The third-order valence-electron chi connectivity index (χ3n) is 2.73. The van der Waals surface area contributed by atoms with Gasteiger partial charge in [0.2, 0.25) is 5.91 Å². The largest absolute Gasteiger partial charge is 0.445 e. The number of halogens is 1. The number of hydrogen-bond donors (Lipinski definition) is 2. The van der Waals surface area contributed by atoms with E-state index in [4.69, 9.17) is 4.74 Å². The topological polar surface area (TPSA) is 67.4 Å². The lowest BCUT2D eigenvalue weighted by Crippen LogP contribution is -2.33. The standard InChI is InChI=1S/C16H15IN2O3/c17-13-6-8-14(9-7-13)19-15(20)10-18-16(21)22-11-12-4-2-1-3-5-12/h1-9H,10-11H2,(H,18,21)(H,19,20). The maximum atomic E-state index is 11.7. The molecule has 0 unspecified atom stereocenters. The number of alkyl carbamates (subject to hydrolysis) is 1. The predicted octanol–water partition coefficient (Wildman–Crippen LogP) is 3.16. The fraction of sp³-hybridized carbons (Fsp3) is 0.125. The average molecular weight is 410 g/mol. The van der Waals surface area contributed by atoms with E-state index in [-0.39, 0.29) is 19.1 Å². The minimum atomic E-state index is -0.624. The Bertz CT molecular complexity index is 630. The third kappa shape index (κ3) is 5.72. The van der Waals surface area contributed by atoms with Crippen molar-refractivity contribution in [1.82, 2.24) is 5.32 Å². The zero-order chi connectivity index (χ0) is 15.8. The first-order chi connectivity index (χ1) is 10.6. The zero-order valence-electron chi connectivity index (χ0n) is 11.7. The molecule has 22 heavy (non-hydrogen) atoms. The Kier molecular flexibility index (Phi) is 6.20. The van der Waals surface area contributed by atoms with Gasteiger partial charge in [-0.25, -0.2) is 4.79 Å². The van der Waals surface area contributed by atoms with Gasteiger partial charge in [0.05, 0.1) is 0 Å². The van der Waals surface area contributed by atoms with Crippen molar-refractivity contribution < 1.29 is 14.3 Å². The molecule has 2 N–H and O–H groups in total. The molecular formula is C16H15IN2O3. The maximum Gasteiger partial charge on any atom is 0.407 e. The van der Waals surface area contributed by atoms with Crippen molar-refractivity contribution in [3.8, 4) is 0 Å². The van der Waals surface area contributed by atoms with Crippen molar-refractivity contribution in [2.75, 3.05) is 11.9 Å². The first-order valence-corrected chi connectivity index (χ1v) is 7.71. The Balaban J connectivity index is 1.69. The van der Waals surface area contributed by atoms with Crippen LogP contribution in [0.25, 0.3) is 0 Å². The van der Waals surface area contributed by atoms with Gasteiger partial charge in [0.15, 0.2) is 0 Å². The Morgan fingerprint density at radius 2 is 1.68 bits per heavy atom. The molecule has 2 amide bonds. The van der Waals surface area contributed by atoms with E-state index in [0.717, 1.165) is 9.13 Å². The Morgan fingerprint density at radius 3 is 2.36 bits per heavy atom. The van der Waals surface area contributed by atoms with Gasteiger partial charge < -0.3 is 15.4 Å². The molecule has 114 valence electrons. The number of benzene rings is 2. The van der Waals surface area contributed by atoms with Gasteiger partial charge in [-0.15, -0.1) is 0 Å². The van der Waals surface area contributed by atoms with Crippen molar-refractivity contribution in [2.24, 2.45) is 0 Å². The van der Waals surface area contributed by atoms with E-state index in [9.17, 15) is 9.59 Å². The summed E-state index contributed by atoms with van der Waals surface area (Å²) in [5.41, 5.74) is 1.57. The molecule has 0 radical (unpaired) electrons. The van der Waals surface area contributed by atoms with Gasteiger partial charge in [-0.3, -0.25) is 4.79 Å². The minimum absolute atomic E-state index is 0.139. The first kappa shape index (κ1) is 16.3. The van der Waals surface area contributed by atoms with E-state index < -0.39 is 6.09 Å². The summed E-state index contributed by atoms with van der Waals surface area (Å²) in [5, 5.41) is 5.10. The third-order valence-corrected chi connectivity index (χ3v) is 3.45. The van der Waals surface area contributed by atoms with Gasteiger partial charge in [0.25, 0.3) is 0 Å². The molecule has 0 saturated carbocycles. The molecule has 0 saturated heterocycles. The molecule has 0 fully saturated rings. The SMILES string of the molecule is O=C(CNC(=O)OCc1ccccc1)Nc1ccc(I)cc1. The predicted molar refractivity (Wildman–Crippen MR) is 92.4 cm³/mol. The minimum Gasteiger partial charge on any atom is -0.445 e. The van der Waals surface area contributed by atoms with Gasteiger partial charge in [-0.1, -0.05) is 30.3 Å². The summed E-state index contributed by atoms with van der Waals surface area (Å²) < 4.78 is 6.10. The van der Waals surface area contributed by atoms with Crippen LogP contribution in [-0.4, -0.2) is 18.5 Å².